The molecule has 0 aliphatic rings. The fourth-order valence-corrected chi connectivity index (χ4v) is 1.85. The lowest BCUT2D eigenvalue weighted by molar-refractivity contribution is -0.384. The molecule has 2 aromatic carbocycles. The van der Waals surface area contributed by atoms with E-state index in [0.29, 0.717) is 17.9 Å². The highest BCUT2D eigenvalue weighted by molar-refractivity contribution is 5.95. The topological polar surface area (TPSA) is 114 Å². The van der Waals surface area contributed by atoms with Crippen molar-refractivity contribution in [3.05, 3.63) is 63.7 Å². The van der Waals surface area contributed by atoms with Gasteiger partial charge in [0, 0.05) is 29.3 Å². The molecule has 2 aromatic rings. The number of nitrogens with one attached hydrogen (secondary N) is 1. The number of benzene rings is 2. The highest BCUT2D eigenvalue weighted by Gasteiger charge is 2.08. The van der Waals surface area contributed by atoms with E-state index in [4.69, 9.17) is 4.74 Å². The van der Waals surface area contributed by atoms with Gasteiger partial charge in [0.05, 0.1) is 17.7 Å². The van der Waals surface area contributed by atoms with Gasteiger partial charge in [-0.05, 0) is 31.2 Å². The molecule has 0 aliphatic heterocycles. The Morgan fingerprint density at radius 2 is 2.04 bits per heavy atom. The van der Waals surface area contributed by atoms with Crippen LogP contribution in [0.15, 0.2) is 47.6 Å². The quantitative estimate of drug-likeness (QED) is 0.480. The van der Waals surface area contributed by atoms with Crippen molar-refractivity contribution in [2.45, 2.75) is 6.92 Å². The SMILES string of the molecule is CCOc1ccc(C=NNC(=O)c2ccc([N+](=O)[O-])cc2)c(O)c1. The molecule has 0 saturated carbocycles. The fraction of sp³-hybridized carbons (Fsp3) is 0.125. The van der Waals surface area contributed by atoms with Crippen LogP contribution in [0, 0.1) is 10.1 Å². The standard InChI is InChI=1S/C16H15N3O5/c1-2-24-14-8-5-12(15(20)9-14)10-17-18-16(21)11-3-6-13(7-4-11)19(22)23/h3-10,20H,2H2,1H3,(H,18,21). The van der Waals surface area contributed by atoms with Gasteiger partial charge in [0.2, 0.25) is 0 Å². The van der Waals surface area contributed by atoms with Crippen molar-refractivity contribution in [2.75, 3.05) is 6.61 Å². The predicted molar refractivity (Wildman–Crippen MR) is 87.4 cm³/mol. The molecule has 0 atom stereocenters. The molecule has 24 heavy (non-hydrogen) atoms. The van der Waals surface area contributed by atoms with E-state index in [-0.39, 0.29) is 17.0 Å². The number of carbonyl (C=O) groups excluding carboxylic acids is 1. The van der Waals surface area contributed by atoms with Crippen LogP contribution in [0.1, 0.15) is 22.8 Å². The Balaban J connectivity index is 2.00. The second-order valence-corrected chi connectivity index (χ2v) is 4.66. The third-order valence-corrected chi connectivity index (χ3v) is 3.02. The summed E-state index contributed by atoms with van der Waals surface area (Å²) in [6.45, 7) is 2.32. The zero-order valence-corrected chi connectivity index (χ0v) is 12.8. The van der Waals surface area contributed by atoms with Crippen molar-refractivity contribution in [1.82, 2.24) is 5.43 Å². The van der Waals surface area contributed by atoms with Crippen LogP contribution < -0.4 is 10.2 Å². The van der Waals surface area contributed by atoms with E-state index in [9.17, 15) is 20.0 Å². The van der Waals surface area contributed by atoms with Crippen LogP contribution in [-0.2, 0) is 0 Å². The largest absolute Gasteiger partial charge is 0.507 e. The summed E-state index contributed by atoms with van der Waals surface area (Å²) in [5.74, 6) is -0.0251. The number of nitro groups is 1. The summed E-state index contributed by atoms with van der Waals surface area (Å²) in [5.41, 5.74) is 2.81. The lowest BCUT2D eigenvalue weighted by Crippen LogP contribution is -2.17. The summed E-state index contributed by atoms with van der Waals surface area (Å²) >= 11 is 0. The van der Waals surface area contributed by atoms with Crippen molar-refractivity contribution in [2.24, 2.45) is 5.10 Å². The number of amides is 1. The molecule has 0 spiro atoms. The van der Waals surface area contributed by atoms with Crippen molar-refractivity contribution >= 4 is 17.8 Å². The number of hydrogen-bond acceptors (Lipinski definition) is 6. The van der Waals surface area contributed by atoms with Gasteiger partial charge < -0.3 is 9.84 Å². The van der Waals surface area contributed by atoms with Gasteiger partial charge in [-0.15, -0.1) is 0 Å². The van der Waals surface area contributed by atoms with Gasteiger partial charge in [0.1, 0.15) is 11.5 Å². The molecule has 0 bridgehead atoms. The van der Waals surface area contributed by atoms with Crippen LogP contribution in [0.3, 0.4) is 0 Å². The molecule has 0 saturated heterocycles. The van der Waals surface area contributed by atoms with Gasteiger partial charge in [0.25, 0.3) is 11.6 Å². The average molecular weight is 329 g/mol. The number of phenols is 1. The summed E-state index contributed by atoms with van der Waals surface area (Å²) < 4.78 is 5.25. The van der Waals surface area contributed by atoms with Gasteiger partial charge >= 0.3 is 0 Å². The van der Waals surface area contributed by atoms with E-state index in [2.05, 4.69) is 10.5 Å². The second-order valence-electron chi connectivity index (χ2n) is 4.66. The number of phenolic OH excluding ortho intramolecular Hbond substituents is 1. The molecule has 1 amide bonds. The molecule has 0 radical (unpaired) electrons. The van der Waals surface area contributed by atoms with E-state index in [1.807, 2.05) is 6.92 Å². The fourth-order valence-electron chi connectivity index (χ4n) is 1.85. The predicted octanol–water partition coefficient (Wildman–Crippen LogP) is 2.46. The lowest BCUT2D eigenvalue weighted by atomic mass is 10.2. The maximum Gasteiger partial charge on any atom is 0.271 e. The molecule has 0 aliphatic carbocycles. The average Bonchev–Trinajstić information content (AvgIpc) is 2.57. The van der Waals surface area contributed by atoms with E-state index in [1.54, 1.807) is 12.1 Å². The van der Waals surface area contributed by atoms with Crippen molar-refractivity contribution in [3.63, 3.8) is 0 Å². The number of nitro benzene ring substituents is 1. The Hall–Kier alpha value is -3.42. The third kappa shape index (κ3) is 4.29. The van der Waals surface area contributed by atoms with E-state index < -0.39 is 10.8 Å². The Morgan fingerprint density at radius 3 is 2.62 bits per heavy atom. The molecular weight excluding hydrogens is 314 g/mol. The first-order valence-electron chi connectivity index (χ1n) is 7.05. The number of hydrazone groups is 1. The maximum atomic E-state index is 11.9. The van der Waals surface area contributed by atoms with Crippen LogP contribution in [0.5, 0.6) is 11.5 Å². The minimum Gasteiger partial charge on any atom is -0.507 e. The summed E-state index contributed by atoms with van der Waals surface area (Å²) in [4.78, 5) is 21.9. The van der Waals surface area contributed by atoms with Crippen LogP contribution in [0.2, 0.25) is 0 Å². The van der Waals surface area contributed by atoms with Crippen molar-refractivity contribution in [3.8, 4) is 11.5 Å². The molecule has 0 aromatic heterocycles. The Kier molecular flexibility index (Phi) is 5.45. The van der Waals surface area contributed by atoms with Crippen LogP contribution in [0.25, 0.3) is 0 Å². The number of ether oxygens (including phenoxy) is 1. The summed E-state index contributed by atoms with van der Waals surface area (Å²) in [6.07, 6.45) is 1.29. The van der Waals surface area contributed by atoms with E-state index in [0.717, 1.165) is 0 Å². The number of hydrogen-bond donors (Lipinski definition) is 2. The first-order valence-corrected chi connectivity index (χ1v) is 7.05. The van der Waals surface area contributed by atoms with E-state index >= 15 is 0 Å². The van der Waals surface area contributed by atoms with E-state index in [1.165, 1.54) is 36.5 Å². The Morgan fingerprint density at radius 1 is 1.33 bits per heavy atom. The number of aromatic hydroxyl groups is 1. The molecule has 2 rings (SSSR count). The van der Waals surface area contributed by atoms with Gasteiger partial charge in [-0.2, -0.15) is 5.10 Å². The normalized spacial score (nSPS) is 10.5. The molecule has 0 heterocycles. The molecule has 8 nitrogen and oxygen atoms in total. The maximum absolute atomic E-state index is 11.9. The number of carbonyl (C=O) groups is 1. The zero-order chi connectivity index (χ0) is 17.5. The van der Waals surface area contributed by atoms with Crippen molar-refractivity contribution in [1.29, 1.82) is 0 Å². The second kappa shape index (κ2) is 7.73. The first kappa shape index (κ1) is 16.9. The smallest absolute Gasteiger partial charge is 0.271 e. The highest BCUT2D eigenvalue weighted by atomic mass is 16.6. The third-order valence-electron chi connectivity index (χ3n) is 3.02. The number of nitrogens with zero attached hydrogens (tertiary/aromatic N) is 2. The van der Waals surface area contributed by atoms with Gasteiger partial charge in [0.15, 0.2) is 0 Å². The van der Waals surface area contributed by atoms with Crippen LogP contribution in [0.4, 0.5) is 5.69 Å². The highest BCUT2D eigenvalue weighted by Crippen LogP contribution is 2.22. The van der Waals surface area contributed by atoms with Crippen LogP contribution >= 0.6 is 0 Å². The van der Waals surface area contributed by atoms with Gasteiger partial charge in [-0.25, -0.2) is 5.43 Å². The molecule has 124 valence electrons. The number of non-ortho nitro benzene ring substituents is 1. The minimum atomic E-state index is -0.547. The minimum absolute atomic E-state index is 0.0331. The molecule has 0 fully saturated rings. The first-order chi connectivity index (χ1) is 11.5. The molecule has 0 unspecified atom stereocenters. The van der Waals surface area contributed by atoms with Gasteiger partial charge in [-0.3, -0.25) is 14.9 Å². The van der Waals surface area contributed by atoms with Crippen LogP contribution in [-0.4, -0.2) is 28.8 Å². The number of rotatable bonds is 6. The molecular formula is C16H15N3O5. The Bertz CT molecular complexity index is 772. The molecule has 8 heteroatoms. The Labute approximate surface area is 137 Å². The monoisotopic (exact) mass is 329 g/mol. The molecule has 2 N–H and O–H groups in total. The summed E-state index contributed by atoms with van der Waals surface area (Å²) in [6, 6.07) is 9.84. The summed E-state index contributed by atoms with van der Waals surface area (Å²) in [5, 5.41) is 24.1. The van der Waals surface area contributed by atoms with Crippen molar-refractivity contribution < 1.29 is 19.6 Å². The zero-order valence-electron chi connectivity index (χ0n) is 12.8. The lowest BCUT2D eigenvalue weighted by Gasteiger charge is -2.05. The summed E-state index contributed by atoms with van der Waals surface area (Å²) in [7, 11) is 0. The van der Waals surface area contributed by atoms with Gasteiger partial charge in [-0.1, -0.05) is 0 Å².